The van der Waals surface area contributed by atoms with Crippen LogP contribution in [0, 0.1) is 0 Å². The number of esters is 1. The first kappa shape index (κ1) is 16.5. The van der Waals surface area contributed by atoms with E-state index in [1.807, 2.05) is 0 Å². The lowest BCUT2D eigenvalue weighted by molar-refractivity contribution is -0.151. The molecule has 6 nitrogen and oxygen atoms in total. The molecule has 0 unspecified atom stereocenters. The van der Waals surface area contributed by atoms with Crippen molar-refractivity contribution in [2.45, 2.75) is 44.9 Å². The van der Waals surface area contributed by atoms with Gasteiger partial charge in [0.25, 0.3) is 5.71 Å². The number of alkyl halides is 3. The third-order valence-corrected chi connectivity index (χ3v) is 3.56. The number of halogens is 3. The Bertz CT molecular complexity index is 768. The summed E-state index contributed by atoms with van der Waals surface area (Å²) in [7, 11) is 0. The Balaban J connectivity index is 1.96. The van der Waals surface area contributed by atoms with Gasteiger partial charge in [0.2, 0.25) is 0 Å². The van der Waals surface area contributed by atoms with E-state index in [0.29, 0.717) is 5.69 Å². The second-order valence-electron chi connectivity index (χ2n) is 5.51. The summed E-state index contributed by atoms with van der Waals surface area (Å²) in [5.41, 5.74) is -1.27. The maximum absolute atomic E-state index is 13.3. The summed E-state index contributed by atoms with van der Waals surface area (Å²) in [5, 5.41) is 0. The van der Waals surface area contributed by atoms with Crippen LogP contribution in [0.1, 0.15) is 43.9 Å². The number of aromatic nitrogens is 2. The Hall–Kier alpha value is -2.32. The van der Waals surface area contributed by atoms with Crippen molar-refractivity contribution in [1.29, 1.82) is 0 Å². The summed E-state index contributed by atoms with van der Waals surface area (Å²) in [5.74, 6) is -0.647. The molecule has 0 N–H and O–H groups in total. The van der Waals surface area contributed by atoms with Crippen molar-refractivity contribution in [2.24, 2.45) is 0 Å². The van der Waals surface area contributed by atoms with Crippen LogP contribution in [-0.2, 0) is 15.7 Å². The fourth-order valence-electron chi connectivity index (χ4n) is 2.22. The largest absolute Gasteiger partial charge is 0.463 e. The zero-order valence-corrected chi connectivity index (χ0v) is 13.0. The van der Waals surface area contributed by atoms with E-state index in [0.717, 1.165) is 18.9 Å². The fraction of sp³-hybridized carbons (Fsp3) is 0.533. The molecule has 130 valence electrons. The van der Waals surface area contributed by atoms with Crippen molar-refractivity contribution in [3.63, 3.8) is 0 Å². The molecule has 0 aromatic carbocycles. The van der Waals surface area contributed by atoms with E-state index in [9.17, 15) is 18.0 Å². The molecule has 2 heterocycles. The van der Waals surface area contributed by atoms with E-state index in [2.05, 4.69) is 9.97 Å². The van der Waals surface area contributed by atoms with E-state index < -0.39 is 35.4 Å². The van der Waals surface area contributed by atoms with Crippen LogP contribution < -0.4 is 4.74 Å². The minimum Gasteiger partial charge on any atom is -0.463 e. The number of pyridine rings is 1. The quantitative estimate of drug-likeness (QED) is 0.774. The first-order valence-corrected chi connectivity index (χ1v) is 7.51. The lowest BCUT2D eigenvalue weighted by Gasteiger charge is -2.09. The summed E-state index contributed by atoms with van der Waals surface area (Å²) < 4.78 is 54.8. The van der Waals surface area contributed by atoms with Crippen molar-refractivity contribution < 1.29 is 31.9 Å². The average Bonchev–Trinajstić information content (AvgIpc) is 3.26. The number of nitrogens with zero attached hydrogens (tertiary/aromatic N) is 2. The smallest absolute Gasteiger partial charge is 0.418 e. The van der Waals surface area contributed by atoms with Gasteiger partial charge in [-0.15, -0.1) is 0 Å². The molecule has 2 aromatic rings. The van der Waals surface area contributed by atoms with Gasteiger partial charge in [0.05, 0.1) is 12.2 Å². The van der Waals surface area contributed by atoms with Gasteiger partial charge in [0.15, 0.2) is 6.10 Å². The van der Waals surface area contributed by atoms with Gasteiger partial charge in [-0.05, 0) is 32.8 Å². The van der Waals surface area contributed by atoms with Crippen molar-refractivity contribution in [3.05, 3.63) is 17.3 Å². The third kappa shape index (κ3) is 3.29. The Morgan fingerprint density at radius 2 is 2.12 bits per heavy atom. The normalized spacial score (nSPS) is 16.2. The molecule has 3 rings (SSSR count). The van der Waals surface area contributed by atoms with Crippen LogP contribution in [0.3, 0.4) is 0 Å². The minimum atomic E-state index is -4.59. The molecule has 0 amide bonds. The molecular formula is C15H15F3N2O4. The number of hydrogen-bond acceptors (Lipinski definition) is 6. The van der Waals surface area contributed by atoms with Gasteiger partial charge in [0, 0.05) is 11.6 Å². The van der Waals surface area contributed by atoms with Crippen LogP contribution >= 0.6 is 0 Å². The monoisotopic (exact) mass is 344 g/mol. The standard InChI is InChI=1S/C15H15F3N2O4/c1-3-22-13(21)7(2)23-14-20-11-9(15(16,17)18)6-10(8-4-5-8)19-12(11)24-14/h6-8H,3-5H2,1-2H3/t7-/m0/s1. The van der Waals surface area contributed by atoms with Gasteiger partial charge in [-0.2, -0.15) is 18.2 Å². The third-order valence-electron chi connectivity index (χ3n) is 3.56. The molecular weight excluding hydrogens is 329 g/mol. The highest BCUT2D eigenvalue weighted by Gasteiger charge is 2.38. The number of hydrogen-bond donors (Lipinski definition) is 0. The van der Waals surface area contributed by atoms with Crippen LogP contribution in [0.4, 0.5) is 13.2 Å². The molecule has 0 saturated heterocycles. The first-order valence-electron chi connectivity index (χ1n) is 7.51. The van der Waals surface area contributed by atoms with Crippen molar-refractivity contribution in [1.82, 2.24) is 9.97 Å². The van der Waals surface area contributed by atoms with Crippen LogP contribution in [0.2, 0.25) is 0 Å². The predicted octanol–water partition coefficient (Wildman–Crippen LogP) is 3.45. The molecule has 1 saturated carbocycles. The number of oxazole rings is 1. The van der Waals surface area contributed by atoms with Gasteiger partial charge in [-0.3, -0.25) is 0 Å². The number of rotatable bonds is 5. The van der Waals surface area contributed by atoms with Gasteiger partial charge in [0.1, 0.15) is 5.52 Å². The second kappa shape index (κ2) is 5.95. The lowest BCUT2D eigenvalue weighted by atomic mass is 10.1. The lowest BCUT2D eigenvalue weighted by Crippen LogP contribution is -2.26. The van der Waals surface area contributed by atoms with Crippen LogP contribution in [0.25, 0.3) is 11.2 Å². The van der Waals surface area contributed by atoms with Crippen molar-refractivity contribution >= 4 is 17.2 Å². The second-order valence-corrected chi connectivity index (χ2v) is 5.51. The SMILES string of the molecule is CCOC(=O)[C@H](C)Oc1nc2c(C(F)(F)F)cc(C3CC3)nc2o1. The minimum absolute atomic E-state index is 0.0171. The van der Waals surface area contributed by atoms with E-state index in [-0.39, 0.29) is 18.2 Å². The van der Waals surface area contributed by atoms with E-state index in [4.69, 9.17) is 13.9 Å². The highest BCUT2D eigenvalue weighted by Crippen LogP contribution is 2.43. The molecule has 0 radical (unpaired) electrons. The summed E-state index contributed by atoms with van der Waals surface area (Å²) in [6.45, 7) is 3.17. The zero-order chi connectivity index (χ0) is 17.5. The molecule has 1 aliphatic rings. The molecule has 0 aliphatic heterocycles. The summed E-state index contributed by atoms with van der Waals surface area (Å²) in [4.78, 5) is 19.3. The topological polar surface area (TPSA) is 74.5 Å². The maximum Gasteiger partial charge on any atom is 0.418 e. The number of ether oxygens (including phenoxy) is 2. The highest BCUT2D eigenvalue weighted by molar-refractivity contribution is 5.76. The predicted molar refractivity (Wildman–Crippen MR) is 75.5 cm³/mol. The Morgan fingerprint density at radius 3 is 2.71 bits per heavy atom. The molecule has 1 atom stereocenters. The first-order chi connectivity index (χ1) is 11.3. The van der Waals surface area contributed by atoms with Gasteiger partial charge >= 0.3 is 18.2 Å². The van der Waals surface area contributed by atoms with Crippen LogP contribution in [0.15, 0.2) is 10.5 Å². The molecule has 0 bridgehead atoms. The Morgan fingerprint density at radius 1 is 1.42 bits per heavy atom. The fourth-order valence-corrected chi connectivity index (χ4v) is 2.22. The molecule has 9 heteroatoms. The maximum atomic E-state index is 13.3. The highest BCUT2D eigenvalue weighted by atomic mass is 19.4. The summed E-state index contributed by atoms with van der Waals surface area (Å²) in [6.07, 6.45) is -4.50. The van der Waals surface area contributed by atoms with Crippen LogP contribution in [0.5, 0.6) is 6.08 Å². The number of fused-ring (bicyclic) bond motifs is 1. The van der Waals surface area contributed by atoms with E-state index in [1.54, 1.807) is 6.92 Å². The Kier molecular flexibility index (Phi) is 4.10. The van der Waals surface area contributed by atoms with Gasteiger partial charge in [-0.1, -0.05) is 0 Å². The van der Waals surface area contributed by atoms with E-state index >= 15 is 0 Å². The molecule has 1 fully saturated rings. The summed E-state index contributed by atoms with van der Waals surface area (Å²) in [6, 6.07) is 1.00. The van der Waals surface area contributed by atoms with Gasteiger partial charge in [-0.25, -0.2) is 9.78 Å². The molecule has 0 spiro atoms. The number of carbonyl (C=O) groups excluding carboxylic acids is 1. The Labute approximate surface area is 135 Å². The molecule has 24 heavy (non-hydrogen) atoms. The van der Waals surface area contributed by atoms with E-state index in [1.165, 1.54) is 6.92 Å². The molecule has 2 aromatic heterocycles. The molecule has 1 aliphatic carbocycles. The number of carbonyl (C=O) groups is 1. The average molecular weight is 344 g/mol. The zero-order valence-electron chi connectivity index (χ0n) is 13.0. The van der Waals surface area contributed by atoms with Crippen LogP contribution in [-0.4, -0.2) is 28.6 Å². The van der Waals surface area contributed by atoms with Crippen molar-refractivity contribution in [3.8, 4) is 6.08 Å². The van der Waals surface area contributed by atoms with Gasteiger partial charge < -0.3 is 13.9 Å². The summed E-state index contributed by atoms with van der Waals surface area (Å²) >= 11 is 0. The van der Waals surface area contributed by atoms with Crippen molar-refractivity contribution in [2.75, 3.05) is 6.61 Å².